The van der Waals surface area contributed by atoms with E-state index in [1.165, 1.54) is 0 Å². The van der Waals surface area contributed by atoms with Crippen molar-refractivity contribution >= 4 is 0 Å². The first-order valence-electron chi connectivity index (χ1n) is 6.06. The standard InChI is InChI=1S/C14H21F2N/c1-5-6-17-13(14(15)16)12-8-10(3)9(2)7-11(12)4/h7-8,13-14,17H,5-6H2,1-4H3. The van der Waals surface area contributed by atoms with Gasteiger partial charge >= 0.3 is 0 Å². The molecule has 3 heteroatoms. The molecule has 1 aromatic carbocycles. The Hall–Kier alpha value is -0.960. The van der Waals surface area contributed by atoms with E-state index in [2.05, 4.69) is 5.32 Å². The molecule has 96 valence electrons. The fraction of sp³-hybridized carbons (Fsp3) is 0.571. The third-order valence-corrected chi connectivity index (χ3v) is 3.08. The molecule has 17 heavy (non-hydrogen) atoms. The summed E-state index contributed by atoms with van der Waals surface area (Å²) in [5, 5.41) is 2.92. The van der Waals surface area contributed by atoms with E-state index in [0.717, 1.165) is 28.7 Å². The highest BCUT2D eigenvalue weighted by atomic mass is 19.3. The van der Waals surface area contributed by atoms with Crippen LogP contribution >= 0.6 is 0 Å². The second kappa shape index (κ2) is 6.10. The van der Waals surface area contributed by atoms with Gasteiger partial charge in [0.05, 0.1) is 6.04 Å². The zero-order valence-electron chi connectivity index (χ0n) is 11.0. The summed E-state index contributed by atoms with van der Waals surface area (Å²) < 4.78 is 26.1. The number of hydrogen-bond donors (Lipinski definition) is 1. The Morgan fingerprint density at radius 2 is 1.65 bits per heavy atom. The van der Waals surface area contributed by atoms with Crippen molar-refractivity contribution in [2.45, 2.75) is 46.6 Å². The molecular weight excluding hydrogens is 220 g/mol. The number of nitrogens with one attached hydrogen (secondary N) is 1. The van der Waals surface area contributed by atoms with Crippen molar-refractivity contribution < 1.29 is 8.78 Å². The molecular formula is C14H21F2N. The van der Waals surface area contributed by atoms with Crippen LogP contribution in [0.4, 0.5) is 8.78 Å². The molecule has 0 aliphatic heterocycles. The quantitative estimate of drug-likeness (QED) is 0.824. The van der Waals surface area contributed by atoms with Gasteiger partial charge in [-0.25, -0.2) is 8.78 Å². The van der Waals surface area contributed by atoms with Gasteiger partial charge in [0, 0.05) is 0 Å². The fourth-order valence-corrected chi connectivity index (χ4v) is 1.95. The molecule has 0 heterocycles. The molecule has 0 saturated heterocycles. The van der Waals surface area contributed by atoms with Crippen LogP contribution in [0.1, 0.15) is 41.6 Å². The smallest absolute Gasteiger partial charge is 0.257 e. The summed E-state index contributed by atoms with van der Waals surface area (Å²) in [7, 11) is 0. The summed E-state index contributed by atoms with van der Waals surface area (Å²) in [6.45, 7) is 8.44. The van der Waals surface area contributed by atoms with Crippen molar-refractivity contribution in [2.75, 3.05) is 6.54 Å². The van der Waals surface area contributed by atoms with Gasteiger partial charge in [0.15, 0.2) is 0 Å². The largest absolute Gasteiger partial charge is 0.305 e. The van der Waals surface area contributed by atoms with Crippen LogP contribution in [0.3, 0.4) is 0 Å². The number of aryl methyl sites for hydroxylation is 3. The van der Waals surface area contributed by atoms with E-state index in [1.807, 2.05) is 39.8 Å². The van der Waals surface area contributed by atoms with Crippen LogP contribution < -0.4 is 5.32 Å². The molecule has 0 aliphatic carbocycles. The Morgan fingerprint density at radius 3 is 2.18 bits per heavy atom. The van der Waals surface area contributed by atoms with Gasteiger partial charge in [0.2, 0.25) is 0 Å². The van der Waals surface area contributed by atoms with E-state index in [4.69, 9.17) is 0 Å². The molecule has 0 radical (unpaired) electrons. The van der Waals surface area contributed by atoms with Crippen LogP contribution in [-0.4, -0.2) is 13.0 Å². The highest BCUT2D eigenvalue weighted by Crippen LogP contribution is 2.26. The first-order chi connectivity index (χ1) is 7.97. The topological polar surface area (TPSA) is 12.0 Å². The van der Waals surface area contributed by atoms with Gasteiger partial charge in [-0.1, -0.05) is 19.1 Å². The third-order valence-electron chi connectivity index (χ3n) is 3.08. The van der Waals surface area contributed by atoms with Gasteiger partial charge in [-0.2, -0.15) is 0 Å². The van der Waals surface area contributed by atoms with E-state index in [1.54, 1.807) is 0 Å². The van der Waals surface area contributed by atoms with E-state index < -0.39 is 12.5 Å². The molecule has 0 saturated carbocycles. The summed E-state index contributed by atoms with van der Waals surface area (Å²) in [6, 6.07) is 3.01. The Morgan fingerprint density at radius 1 is 1.06 bits per heavy atom. The van der Waals surface area contributed by atoms with Crippen molar-refractivity contribution in [2.24, 2.45) is 0 Å². The van der Waals surface area contributed by atoms with Gasteiger partial charge in [-0.15, -0.1) is 0 Å². The van der Waals surface area contributed by atoms with Crippen molar-refractivity contribution in [1.82, 2.24) is 5.32 Å². The molecule has 1 aromatic rings. The molecule has 0 bridgehead atoms. The Bertz CT molecular complexity index is 375. The van der Waals surface area contributed by atoms with Crippen LogP contribution in [-0.2, 0) is 0 Å². The Labute approximate surface area is 102 Å². The minimum Gasteiger partial charge on any atom is -0.305 e. The molecule has 0 amide bonds. The van der Waals surface area contributed by atoms with Crippen LogP contribution in [0.15, 0.2) is 12.1 Å². The van der Waals surface area contributed by atoms with E-state index in [9.17, 15) is 8.78 Å². The molecule has 0 spiro atoms. The maximum absolute atomic E-state index is 13.1. The molecule has 0 aromatic heterocycles. The Balaban J connectivity index is 3.05. The number of rotatable bonds is 5. The molecule has 1 atom stereocenters. The van der Waals surface area contributed by atoms with Crippen LogP contribution in [0.25, 0.3) is 0 Å². The third kappa shape index (κ3) is 3.50. The normalized spacial score (nSPS) is 13.1. The minimum absolute atomic E-state index is 0.612. The first kappa shape index (κ1) is 14.1. The zero-order chi connectivity index (χ0) is 13.0. The Kier molecular flexibility index (Phi) is 5.06. The second-order valence-electron chi connectivity index (χ2n) is 4.56. The van der Waals surface area contributed by atoms with E-state index in [-0.39, 0.29) is 0 Å². The number of halogens is 2. The SMILES string of the molecule is CCCNC(c1cc(C)c(C)cc1C)C(F)F. The summed E-state index contributed by atoms with van der Waals surface area (Å²) in [4.78, 5) is 0. The first-order valence-corrected chi connectivity index (χ1v) is 6.06. The predicted octanol–water partition coefficient (Wildman–Crippen LogP) is 3.92. The molecule has 1 rings (SSSR count). The monoisotopic (exact) mass is 241 g/mol. The molecule has 0 fully saturated rings. The molecule has 1 N–H and O–H groups in total. The van der Waals surface area contributed by atoms with Gasteiger partial charge in [-0.3, -0.25) is 0 Å². The molecule has 1 unspecified atom stereocenters. The van der Waals surface area contributed by atoms with Crippen LogP contribution in [0, 0.1) is 20.8 Å². The lowest BCUT2D eigenvalue weighted by atomic mass is 9.96. The van der Waals surface area contributed by atoms with Crippen molar-refractivity contribution in [1.29, 1.82) is 0 Å². The van der Waals surface area contributed by atoms with Gasteiger partial charge in [0.1, 0.15) is 0 Å². The highest BCUT2D eigenvalue weighted by molar-refractivity contribution is 5.38. The fourth-order valence-electron chi connectivity index (χ4n) is 1.95. The summed E-state index contributed by atoms with van der Waals surface area (Å²) >= 11 is 0. The number of alkyl halides is 2. The van der Waals surface area contributed by atoms with Crippen molar-refractivity contribution in [3.63, 3.8) is 0 Å². The van der Waals surface area contributed by atoms with Gasteiger partial charge in [0.25, 0.3) is 6.43 Å². The predicted molar refractivity (Wildman–Crippen MR) is 67.7 cm³/mol. The lowest BCUT2D eigenvalue weighted by Gasteiger charge is -2.21. The van der Waals surface area contributed by atoms with Crippen LogP contribution in [0.5, 0.6) is 0 Å². The molecule has 1 nitrogen and oxygen atoms in total. The average Bonchev–Trinajstić information content (AvgIpc) is 2.25. The van der Waals surface area contributed by atoms with Crippen molar-refractivity contribution in [3.8, 4) is 0 Å². The van der Waals surface area contributed by atoms with Gasteiger partial charge < -0.3 is 5.32 Å². The highest BCUT2D eigenvalue weighted by Gasteiger charge is 2.23. The van der Waals surface area contributed by atoms with Crippen molar-refractivity contribution in [3.05, 3.63) is 34.4 Å². The number of benzene rings is 1. The average molecular weight is 241 g/mol. The minimum atomic E-state index is -2.37. The maximum Gasteiger partial charge on any atom is 0.257 e. The lowest BCUT2D eigenvalue weighted by molar-refractivity contribution is 0.0982. The summed E-state index contributed by atoms with van der Waals surface area (Å²) in [6.07, 6.45) is -1.52. The van der Waals surface area contributed by atoms with E-state index >= 15 is 0 Å². The maximum atomic E-state index is 13.1. The summed E-state index contributed by atoms with van der Waals surface area (Å²) in [5.41, 5.74) is 3.86. The second-order valence-corrected chi connectivity index (χ2v) is 4.56. The lowest BCUT2D eigenvalue weighted by Crippen LogP contribution is -2.28. The summed E-state index contributed by atoms with van der Waals surface area (Å²) in [5.74, 6) is 0. The van der Waals surface area contributed by atoms with E-state index in [0.29, 0.717) is 6.54 Å². The van der Waals surface area contributed by atoms with Gasteiger partial charge in [-0.05, 0) is 56.0 Å². The molecule has 0 aliphatic rings. The zero-order valence-corrected chi connectivity index (χ0v) is 11.0. The van der Waals surface area contributed by atoms with Crippen LogP contribution in [0.2, 0.25) is 0 Å². The number of hydrogen-bond acceptors (Lipinski definition) is 1.